The summed E-state index contributed by atoms with van der Waals surface area (Å²) in [4.78, 5) is 42.8. The summed E-state index contributed by atoms with van der Waals surface area (Å²) < 4.78 is 49.4. The van der Waals surface area contributed by atoms with E-state index in [0.29, 0.717) is 22.7 Å². The fraction of sp³-hybridized carbons (Fsp3) is 0.368. The Morgan fingerprint density at radius 1 is 1.21 bits per heavy atom. The normalized spacial score (nSPS) is 11.4. The van der Waals surface area contributed by atoms with Gasteiger partial charge in [0, 0.05) is 17.8 Å². The summed E-state index contributed by atoms with van der Waals surface area (Å²) >= 11 is 0. The molecule has 14 heteroatoms. The third-order valence-corrected chi connectivity index (χ3v) is 4.50. The minimum atomic E-state index is -4.71. The second kappa shape index (κ2) is 9.67. The van der Waals surface area contributed by atoms with Crippen LogP contribution in [0.3, 0.4) is 0 Å². The first-order valence-electron chi connectivity index (χ1n) is 9.60. The van der Waals surface area contributed by atoms with Crippen molar-refractivity contribution in [2.45, 2.75) is 39.4 Å². The van der Waals surface area contributed by atoms with Crippen LogP contribution >= 0.6 is 0 Å². The van der Waals surface area contributed by atoms with Gasteiger partial charge in [0.05, 0.1) is 12.8 Å². The number of furan rings is 1. The summed E-state index contributed by atoms with van der Waals surface area (Å²) in [7, 11) is 0. The van der Waals surface area contributed by atoms with Gasteiger partial charge in [-0.2, -0.15) is 18.2 Å². The number of esters is 1. The molecule has 0 spiro atoms. The van der Waals surface area contributed by atoms with E-state index in [1.54, 1.807) is 19.1 Å². The summed E-state index contributed by atoms with van der Waals surface area (Å²) in [5, 5.41) is 7.82. The number of nitrogens with zero attached hydrogens (tertiary/aromatic N) is 4. The quantitative estimate of drug-likeness (QED) is 0.501. The van der Waals surface area contributed by atoms with Gasteiger partial charge in [-0.15, -0.1) is 5.10 Å². The lowest BCUT2D eigenvalue weighted by Gasteiger charge is -2.10. The van der Waals surface area contributed by atoms with Crippen LogP contribution in [0.1, 0.15) is 35.0 Å². The number of aromatic nitrogens is 4. The maximum Gasteiger partial charge on any atom is 0.453 e. The van der Waals surface area contributed by atoms with E-state index < -0.39 is 36.5 Å². The third-order valence-electron chi connectivity index (χ3n) is 4.50. The zero-order valence-corrected chi connectivity index (χ0v) is 17.5. The number of carbonyl (C=O) groups is 3. The minimum Gasteiger partial charge on any atom is -0.467 e. The van der Waals surface area contributed by atoms with Crippen LogP contribution in [0.2, 0.25) is 0 Å². The van der Waals surface area contributed by atoms with Crippen LogP contribution in [0.4, 0.5) is 18.0 Å². The first-order chi connectivity index (χ1) is 15.5. The molecule has 3 amide bonds. The van der Waals surface area contributed by atoms with E-state index in [0.717, 1.165) is 4.52 Å². The Hall–Kier alpha value is -3.97. The molecule has 0 radical (unpaired) electrons. The van der Waals surface area contributed by atoms with Crippen LogP contribution in [0.5, 0.6) is 0 Å². The fourth-order valence-electron chi connectivity index (χ4n) is 2.92. The highest BCUT2D eigenvalue weighted by molar-refractivity contribution is 5.95. The Morgan fingerprint density at radius 3 is 2.64 bits per heavy atom. The number of carbonyl (C=O) groups excluding carboxylic acids is 3. The number of rotatable bonds is 7. The molecule has 0 aliphatic rings. The lowest BCUT2D eigenvalue weighted by atomic mass is 10.1. The van der Waals surface area contributed by atoms with E-state index in [2.05, 4.69) is 20.4 Å². The van der Waals surface area contributed by atoms with Crippen LogP contribution in [0.15, 0.2) is 22.8 Å². The van der Waals surface area contributed by atoms with Gasteiger partial charge in [-0.05, 0) is 38.0 Å². The van der Waals surface area contributed by atoms with Gasteiger partial charge in [-0.25, -0.2) is 14.3 Å². The zero-order chi connectivity index (χ0) is 24.2. The number of urea groups is 1. The zero-order valence-electron chi connectivity index (χ0n) is 17.5. The van der Waals surface area contributed by atoms with Crippen molar-refractivity contribution < 1.29 is 36.7 Å². The molecule has 11 nitrogen and oxygen atoms in total. The summed E-state index contributed by atoms with van der Waals surface area (Å²) in [6, 6.07) is 2.49. The number of nitrogens with one attached hydrogen (secondary N) is 2. The highest BCUT2D eigenvalue weighted by atomic mass is 19.4. The van der Waals surface area contributed by atoms with Crippen molar-refractivity contribution >= 4 is 23.7 Å². The first kappa shape index (κ1) is 23.7. The highest BCUT2D eigenvalue weighted by Crippen LogP contribution is 2.27. The lowest BCUT2D eigenvalue weighted by molar-refractivity contribution is -0.148. The van der Waals surface area contributed by atoms with Gasteiger partial charge < -0.3 is 14.5 Å². The van der Waals surface area contributed by atoms with Crippen molar-refractivity contribution in [3.05, 3.63) is 46.9 Å². The van der Waals surface area contributed by atoms with Crippen molar-refractivity contribution in [2.24, 2.45) is 0 Å². The van der Waals surface area contributed by atoms with Crippen LogP contribution in [-0.2, 0) is 33.5 Å². The lowest BCUT2D eigenvalue weighted by Crippen LogP contribution is -2.41. The van der Waals surface area contributed by atoms with E-state index >= 15 is 0 Å². The Balaban J connectivity index is 1.50. The average Bonchev–Trinajstić information content (AvgIpc) is 3.40. The number of amides is 3. The number of halogens is 3. The molecule has 0 atom stereocenters. The molecule has 0 fully saturated rings. The Kier molecular flexibility index (Phi) is 6.94. The number of hydrogen-bond acceptors (Lipinski definition) is 8. The van der Waals surface area contributed by atoms with Crippen LogP contribution < -0.4 is 10.6 Å². The molecular weight excluding hydrogens is 449 g/mol. The highest BCUT2D eigenvalue weighted by Gasteiger charge is 2.37. The fourth-order valence-corrected chi connectivity index (χ4v) is 2.92. The maximum absolute atomic E-state index is 12.9. The third kappa shape index (κ3) is 6.05. The molecule has 0 unspecified atom stereocenters. The van der Waals surface area contributed by atoms with Gasteiger partial charge in [-0.3, -0.25) is 14.9 Å². The van der Waals surface area contributed by atoms with Crippen molar-refractivity contribution in [1.29, 1.82) is 0 Å². The molecule has 3 aromatic heterocycles. The predicted octanol–water partition coefficient (Wildman–Crippen LogP) is 1.85. The second-order valence-electron chi connectivity index (χ2n) is 6.88. The molecule has 176 valence electrons. The molecule has 0 saturated heterocycles. The molecule has 3 rings (SSSR count). The molecule has 33 heavy (non-hydrogen) atoms. The van der Waals surface area contributed by atoms with Gasteiger partial charge in [0.1, 0.15) is 5.76 Å². The molecular formula is C19H19F3N6O5. The average molecular weight is 468 g/mol. The Bertz CT molecular complexity index is 1170. The molecule has 0 saturated carbocycles. The maximum atomic E-state index is 12.9. The number of aryl methyl sites for hydroxylation is 2. The summed E-state index contributed by atoms with van der Waals surface area (Å²) in [6.45, 7) is 2.50. The van der Waals surface area contributed by atoms with Crippen LogP contribution in [0.25, 0.3) is 5.78 Å². The molecule has 0 aliphatic heterocycles. The van der Waals surface area contributed by atoms with E-state index in [1.165, 1.54) is 13.2 Å². The summed E-state index contributed by atoms with van der Waals surface area (Å²) in [5.41, 5.74) is 1.24. The molecule has 2 N–H and O–H groups in total. The van der Waals surface area contributed by atoms with Gasteiger partial charge in [0.2, 0.25) is 0 Å². The van der Waals surface area contributed by atoms with E-state index in [4.69, 9.17) is 9.15 Å². The molecule has 3 aromatic rings. The van der Waals surface area contributed by atoms with Crippen LogP contribution in [0, 0.1) is 13.8 Å². The first-order valence-corrected chi connectivity index (χ1v) is 9.60. The number of alkyl halides is 3. The second-order valence-corrected chi connectivity index (χ2v) is 6.88. The summed E-state index contributed by atoms with van der Waals surface area (Å²) in [5.74, 6) is -2.60. The molecule has 0 aliphatic carbocycles. The van der Waals surface area contributed by atoms with Crippen molar-refractivity contribution in [2.75, 3.05) is 6.61 Å². The van der Waals surface area contributed by atoms with Crippen molar-refractivity contribution in [3.63, 3.8) is 0 Å². The smallest absolute Gasteiger partial charge is 0.453 e. The van der Waals surface area contributed by atoms with E-state index in [1.807, 2.05) is 5.32 Å². The van der Waals surface area contributed by atoms with Crippen molar-refractivity contribution in [1.82, 2.24) is 30.2 Å². The Labute approximate surface area is 184 Å². The largest absolute Gasteiger partial charge is 0.467 e. The number of imide groups is 1. The van der Waals surface area contributed by atoms with Crippen molar-refractivity contribution in [3.8, 4) is 0 Å². The predicted molar refractivity (Wildman–Crippen MR) is 104 cm³/mol. The number of fused-ring (bicyclic) bond motifs is 1. The van der Waals surface area contributed by atoms with Gasteiger partial charge in [-0.1, -0.05) is 0 Å². The van der Waals surface area contributed by atoms with Gasteiger partial charge in [0.15, 0.2) is 6.61 Å². The van der Waals surface area contributed by atoms with Gasteiger partial charge >= 0.3 is 18.2 Å². The Morgan fingerprint density at radius 2 is 1.97 bits per heavy atom. The monoisotopic (exact) mass is 468 g/mol. The molecule has 0 aromatic carbocycles. The van der Waals surface area contributed by atoms with Gasteiger partial charge in [0.25, 0.3) is 17.5 Å². The van der Waals surface area contributed by atoms with E-state index in [-0.39, 0.29) is 25.2 Å². The molecule has 3 heterocycles. The standard InChI is InChI=1S/C19H19F3N6O5/c1-10-13(11(2)28-17(24-10)26-16(27-28)19(20,21)22)5-6-15(30)33-9-14(29)25-18(31)23-8-12-4-3-7-32-12/h3-4,7H,5-6,8-9H2,1-2H3,(H2,23,25,29,31). The molecule has 0 bridgehead atoms. The number of ether oxygens (including phenoxy) is 1. The number of hydrogen-bond donors (Lipinski definition) is 2. The van der Waals surface area contributed by atoms with Crippen LogP contribution in [-0.4, -0.2) is 44.1 Å². The SMILES string of the molecule is Cc1nc2nc(C(F)(F)F)nn2c(C)c1CCC(=O)OCC(=O)NC(=O)NCc1ccco1. The topological polar surface area (TPSA) is 141 Å². The van der Waals surface area contributed by atoms with E-state index in [9.17, 15) is 27.6 Å². The summed E-state index contributed by atoms with van der Waals surface area (Å²) in [6.07, 6.45) is -3.36. The minimum absolute atomic E-state index is 0.0687.